The number of rotatable bonds is 9. The number of nitriles is 1. The molecule has 2 N–H and O–H groups in total. The van der Waals surface area contributed by atoms with Gasteiger partial charge in [-0.15, -0.1) is 0 Å². The second-order valence-corrected chi connectivity index (χ2v) is 14.5. The van der Waals surface area contributed by atoms with E-state index in [1.54, 1.807) is 36.4 Å². The molecule has 15 heteroatoms. The number of phenols is 2. The van der Waals surface area contributed by atoms with E-state index in [1.807, 2.05) is 92.7 Å². The molecule has 0 saturated carbocycles. The van der Waals surface area contributed by atoms with Crippen LogP contribution in [0, 0.1) is 25.2 Å². The molecule has 8 aromatic rings. The highest BCUT2D eigenvalue weighted by Gasteiger charge is 2.22. The van der Waals surface area contributed by atoms with Gasteiger partial charge in [-0.1, -0.05) is 78.9 Å². The van der Waals surface area contributed by atoms with Crippen LogP contribution in [0.4, 0.5) is 0 Å². The highest BCUT2D eigenvalue weighted by Crippen LogP contribution is 2.33. The van der Waals surface area contributed by atoms with E-state index in [4.69, 9.17) is 14.2 Å². The third-order valence-electron chi connectivity index (χ3n) is 10.0. The van der Waals surface area contributed by atoms with Crippen molar-refractivity contribution in [3.63, 3.8) is 0 Å². The maximum absolute atomic E-state index is 12.6. The van der Waals surface area contributed by atoms with Crippen LogP contribution >= 0.6 is 0 Å². The van der Waals surface area contributed by atoms with Crippen molar-refractivity contribution in [1.82, 2.24) is 29.9 Å². The van der Waals surface area contributed by atoms with Crippen LogP contribution in [0.25, 0.3) is 68.3 Å². The normalized spacial score (nSPS) is 10.5. The minimum absolute atomic E-state index is 0.0189. The molecule has 0 aliphatic heterocycles. The molecule has 0 fully saturated rings. The summed E-state index contributed by atoms with van der Waals surface area (Å²) in [5, 5.41) is 30.5. The summed E-state index contributed by atoms with van der Waals surface area (Å²) in [4.78, 5) is 64.0. The first-order valence-corrected chi connectivity index (χ1v) is 20.1. The monoisotopic (exact) mass is 877 g/mol. The van der Waals surface area contributed by atoms with Crippen LogP contribution in [0.5, 0.6) is 11.5 Å². The van der Waals surface area contributed by atoms with Gasteiger partial charge in [-0.25, -0.2) is 44.3 Å². The van der Waals surface area contributed by atoms with Crippen molar-refractivity contribution in [2.24, 2.45) is 0 Å². The molecule has 66 heavy (non-hydrogen) atoms. The Bertz CT molecular complexity index is 3170. The Labute approximate surface area is 378 Å². The zero-order chi connectivity index (χ0) is 46.9. The number of methoxy groups -OCH3 is 3. The minimum atomic E-state index is -0.665. The smallest absolute Gasteiger partial charge is 0.339 e. The predicted molar refractivity (Wildman–Crippen MR) is 244 cm³/mol. The lowest BCUT2D eigenvalue weighted by Gasteiger charge is -2.12. The number of hydrogen-bond donors (Lipinski definition) is 2. The molecule has 0 atom stereocenters. The van der Waals surface area contributed by atoms with Crippen LogP contribution < -0.4 is 0 Å². The topological polar surface area (TPSA) is 220 Å². The average molecular weight is 878 g/mol. The Balaban J connectivity index is 0.000000197. The summed E-state index contributed by atoms with van der Waals surface area (Å²) >= 11 is 0. The molecular weight excluding hydrogens is 839 g/mol. The second kappa shape index (κ2) is 19.9. The van der Waals surface area contributed by atoms with Gasteiger partial charge in [0.15, 0.2) is 34.9 Å². The molecule has 15 nitrogen and oxygen atoms in total. The molecule has 0 saturated heterocycles. The van der Waals surface area contributed by atoms with E-state index in [0.717, 1.165) is 22.3 Å². The Morgan fingerprint density at radius 3 is 1.35 bits per heavy atom. The lowest BCUT2D eigenvalue weighted by atomic mass is 10.0. The second-order valence-electron chi connectivity index (χ2n) is 14.5. The van der Waals surface area contributed by atoms with E-state index in [1.165, 1.54) is 45.6 Å². The van der Waals surface area contributed by atoms with Crippen molar-refractivity contribution >= 4 is 17.9 Å². The molecule has 326 valence electrons. The van der Waals surface area contributed by atoms with Crippen molar-refractivity contribution < 1.29 is 38.8 Å². The van der Waals surface area contributed by atoms with Gasteiger partial charge in [-0.05, 0) is 79.6 Å². The molecule has 6 aromatic carbocycles. The van der Waals surface area contributed by atoms with E-state index in [9.17, 15) is 29.9 Å². The molecule has 0 aliphatic carbocycles. The molecule has 0 radical (unpaired) electrons. The number of aromatic nitrogens is 6. The molecule has 0 spiro atoms. The van der Waals surface area contributed by atoms with Gasteiger partial charge >= 0.3 is 17.9 Å². The van der Waals surface area contributed by atoms with Crippen molar-refractivity contribution in [2.75, 3.05) is 21.3 Å². The fourth-order valence-corrected chi connectivity index (χ4v) is 6.66. The molecule has 0 amide bonds. The first-order chi connectivity index (χ1) is 31.9. The summed E-state index contributed by atoms with van der Waals surface area (Å²) in [5.74, 6) is 0.00196. The van der Waals surface area contributed by atoms with Crippen LogP contribution in [0.1, 0.15) is 47.8 Å². The largest absolute Gasteiger partial charge is 0.507 e. The number of phenolic OH excluding ortho intramolecular Hbond substituents is 2. The van der Waals surface area contributed by atoms with Gasteiger partial charge in [0.1, 0.15) is 17.6 Å². The van der Waals surface area contributed by atoms with Gasteiger partial charge in [0, 0.05) is 22.3 Å². The average Bonchev–Trinajstić information content (AvgIpc) is 3.35. The summed E-state index contributed by atoms with van der Waals surface area (Å²) < 4.78 is 14.4. The van der Waals surface area contributed by atoms with Gasteiger partial charge in [-0.2, -0.15) is 5.26 Å². The molecule has 2 aromatic heterocycles. The number of benzene rings is 6. The molecular formula is C51H39N7O8. The summed E-state index contributed by atoms with van der Waals surface area (Å²) in [6.45, 7) is 3.74. The zero-order valence-electron chi connectivity index (χ0n) is 36.2. The summed E-state index contributed by atoms with van der Waals surface area (Å²) in [6, 6.07) is 40.3. The van der Waals surface area contributed by atoms with Crippen molar-refractivity contribution in [3.05, 3.63) is 167 Å². The van der Waals surface area contributed by atoms with E-state index >= 15 is 0 Å². The standard InChI is InChI=1S/C26H21N3O5.C25H18N4O3/c1-15-9-11-19(21(30)13-15)24-28-22(16-7-5-4-6-8-16)27-23(29-24)18-12-10-17(25(31)33-2)14-20(18)26(32)34-3;1-15-8-10-20(21(30)12-15)24-28-22(16-6-4-3-5-7-16)27-23(29-24)17-9-11-19(25(31)32-2)18(13-17)14-26/h4-14,30H,1-3H3;3-13,30H,1-2H3. The highest BCUT2D eigenvalue weighted by atomic mass is 16.5. The predicted octanol–water partition coefficient (Wildman–Crippen LogP) is 9.00. The van der Waals surface area contributed by atoms with Crippen molar-refractivity contribution in [3.8, 4) is 85.9 Å². The molecule has 0 unspecified atom stereocenters. The third-order valence-corrected chi connectivity index (χ3v) is 10.0. The third kappa shape index (κ3) is 9.88. The number of nitrogens with zero attached hydrogens (tertiary/aromatic N) is 7. The quantitative estimate of drug-likeness (QED) is 0.102. The number of aromatic hydroxyl groups is 2. The van der Waals surface area contributed by atoms with E-state index < -0.39 is 17.9 Å². The summed E-state index contributed by atoms with van der Waals surface area (Å²) in [5.41, 5.74) is 5.61. The number of hydrogen-bond acceptors (Lipinski definition) is 15. The van der Waals surface area contributed by atoms with Crippen LogP contribution in [-0.2, 0) is 14.2 Å². The van der Waals surface area contributed by atoms with Crippen LogP contribution in [-0.4, -0.2) is 79.4 Å². The fraction of sp³-hybridized carbons (Fsp3) is 0.0980. The number of esters is 3. The maximum Gasteiger partial charge on any atom is 0.339 e. The van der Waals surface area contributed by atoms with Crippen molar-refractivity contribution in [1.29, 1.82) is 5.26 Å². The number of carbonyl (C=O) groups excluding carboxylic acids is 3. The number of carbonyl (C=O) groups is 3. The van der Waals surface area contributed by atoms with Gasteiger partial charge < -0.3 is 24.4 Å². The highest BCUT2D eigenvalue weighted by molar-refractivity contribution is 6.00. The SMILES string of the molecule is COC(=O)c1ccc(-c2nc(-c3ccccc3)nc(-c3ccc(C)cc3O)n2)c(C(=O)OC)c1.COC(=O)c1ccc(-c2nc(-c3ccccc3)nc(-c3ccc(C)cc3O)n2)cc1C#N. The lowest BCUT2D eigenvalue weighted by molar-refractivity contribution is 0.0587. The van der Waals surface area contributed by atoms with Crippen LogP contribution in [0.15, 0.2) is 133 Å². The zero-order valence-corrected chi connectivity index (χ0v) is 36.2. The summed E-state index contributed by atoms with van der Waals surface area (Å²) in [7, 11) is 3.76. The first-order valence-electron chi connectivity index (χ1n) is 20.1. The fourth-order valence-electron chi connectivity index (χ4n) is 6.66. The van der Waals surface area contributed by atoms with Gasteiger partial charge in [0.2, 0.25) is 0 Å². The van der Waals surface area contributed by atoms with Gasteiger partial charge in [0.05, 0.1) is 54.7 Å². The summed E-state index contributed by atoms with van der Waals surface area (Å²) in [6.07, 6.45) is 0. The first kappa shape index (κ1) is 44.9. The number of ether oxygens (including phenoxy) is 3. The van der Waals surface area contributed by atoms with Gasteiger partial charge in [0.25, 0.3) is 0 Å². The van der Waals surface area contributed by atoms with Crippen LogP contribution in [0.2, 0.25) is 0 Å². The molecule has 8 rings (SSSR count). The lowest BCUT2D eigenvalue weighted by Crippen LogP contribution is -2.10. The van der Waals surface area contributed by atoms with Crippen molar-refractivity contribution in [2.45, 2.75) is 13.8 Å². The van der Waals surface area contributed by atoms with E-state index in [2.05, 4.69) is 29.9 Å². The van der Waals surface area contributed by atoms with Gasteiger partial charge in [-0.3, -0.25) is 0 Å². The van der Waals surface area contributed by atoms with E-state index in [0.29, 0.717) is 45.6 Å². The maximum atomic E-state index is 12.6. The number of aryl methyl sites for hydroxylation is 2. The Kier molecular flexibility index (Phi) is 13.5. The van der Waals surface area contributed by atoms with E-state index in [-0.39, 0.29) is 45.4 Å². The Morgan fingerprint density at radius 1 is 0.455 bits per heavy atom. The van der Waals surface area contributed by atoms with Crippen LogP contribution in [0.3, 0.4) is 0 Å². The molecule has 2 heterocycles. The minimum Gasteiger partial charge on any atom is -0.507 e. The Hall–Kier alpha value is -9.16. The molecule has 0 aliphatic rings. The molecule has 0 bridgehead atoms. The Morgan fingerprint density at radius 2 is 0.879 bits per heavy atom.